The van der Waals surface area contributed by atoms with Gasteiger partial charge in [0.25, 0.3) is 0 Å². The van der Waals surface area contributed by atoms with Crippen molar-refractivity contribution in [3.63, 3.8) is 0 Å². The summed E-state index contributed by atoms with van der Waals surface area (Å²) in [6.45, 7) is 6.62. The van der Waals surface area contributed by atoms with Gasteiger partial charge in [-0.1, -0.05) is 72.3 Å². The molecule has 0 aliphatic heterocycles. The number of rotatable bonds is 3. The van der Waals surface area contributed by atoms with Gasteiger partial charge in [-0.15, -0.1) is 0 Å². The Kier molecular flexibility index (Phi) is 3.10. The van der Waals surface area contributed by atoms with E-state index < -0.39 is 0 Å². The third kappa shape index (κ3) is 1.92. The summed E-state index contributed by atoms with van der Waals surface area (Å²) in [5, 5.41) is 0. The summed E-state index contributed by atoms with van der Waals surface area (Å²) >= 11 is 0. The van der Waals surface area contributed by atoms with E-state index in [1.165, 1.54) is 27.8 Å². The fourth-order valence-electron chi connectivity index (χ4n) is 3.23. The molecular weight excluding hydrogens is 240 g/mol. The Labute approximate surface area is 121 Å². The van der Waals surface area contributed by atoms with E-state index in [9.17, 15) is 0 Å². The van der Waals surface area contributed by atoms with E-state index in [-0.39, 0.29) is 5.41 Å². The van der Waals surface area contributed by atoms with Crippen molar-refractivity contribution in [3.8, 4) is 0 Å². The fraction of sp³-hybridized carbons (Fsp3) is 0.200. The number of benzene rings is 2. The van der Waals surface area contributed by atoms with Gasteiger partial charge in [-0.2, -0.15) is 0 Å². The monoisotopic (exact) mass is 260 g/mol. The molecule has 2 aromatic rings. The minimum Gasteiger partial charge on any atom is -0.0789 e. The molecular formula is C20H20. The molecule has 0 saturated carbocycles. The predicted molar refractivity (Wildman–Crippen MR) is 86.6 cm³/mol. The summed E-state index contributed by atoms with van der Waals surface area (Å²) in [6, 6.07) is 21.5. The van der Waals surface area contributed by atoms with Crippen LogP contribution in [0.5, 0.6) is 0 Å². The van der Waals surface area contributed by atoms with Crippen LogP contribution < -0.4 is 0 Å². The van der Waals surface area contributed by atoms with E-state index >= 15 is 0 Å². The van der Waals surface area contributed by atoms with Crippen molar-refractivity contribution in [2.24, 2.45) is 0 Å². The number of hydrogen-bond donors (Lipinski definition) is 0. The van der Waals surface area contributed by atoms with Crippen molar-refractivity contribution >= 4 is 5.57 Å². The van der Waals surface area contributed by atoms with Crippen LogP contribution in [0.1, 0.15) is 31.9 Å². The van der Waals surface area contributed by atoms with Crippen LogP contribution in [-0.4, -0.2) is 0 Å². The highest BCUT2D eigenvalue weighted by molar-refractivity contribution is 5.98. The molecule has 0 N–H and O–H groups in total. The molecule has 0 bridgehead atoms. The molecule has 0 aromatic heterocycles. The van der Waals surface area contributed by atoms with Crippen molar-refractivity contribution in [1.29, 1.82) is 0 Å². The zero-order valence-corrected chi connectivity index (χ0v) is 12.4. The Bertz CT molecular complexity index is 670. The van der Waals surface area contributed by atoms with Crippen molar-refractivity contribution in [3.05, 3.63) is 89.0 Å². The van der Waals surface area contributed by atoms with Crippen LogP contribution >= 0.6 is 0 Å². The number of allylic oxidation sites excluding steroid dienone is 4. The van der Waals surface area contributed by atoms with Gasteiger partial charge < -0.3 is 0 Å². The minimum atomic E-state index is 0.0153. The van der Waals surface area contributed by atoms with Crippen LogP contribution in [0.2, 0.25) is 0 Å². The lowest BCUT2D eigenvalue weighted by atomic mass is 9.85. The molecule has 1 aliphatic carbocycles. The number of hydrogen-bond acceptors (Lipinski definition) is 0. The second-order valence-corrected chi connectivity index (χ2v) is 5.76. The fourth-order valence-corrected chi connectivity index (χ4v) is 3.23. The van der Waals surface area contributed by atoms with Crippen LogP contribution in [0, 0.1) is 0 Å². The highest BCUT2D eigenvalue weighted by atomic mass is 14.5. The van der Waals surface area contributed by atoms with Crippen molar-refractivity contribution in [2.45, 2.75) is 26.2 Å². The SMILES string of the molecule is CC(C)=CC1(c2ccccc2)C(C)=C1c1ccccc1. The van der Waals surface area contributed by atoms with Crippen LogP contribution in [0.25, 0.3) is 5.57 Å². The highest BCUT2D eigenvalue weighted by Crippen LogP contribution is 2.60. The summed E-state index contributed by atoms with van der Waals surface area (Å²) in [5.41, 5.74) is 7.02. The van der Waals surface area contributed by atoms with Gasteiger partial charge in [0, 0.05) is 0 Å². The first-order chi connectivity index (χ1) is 9.66. The molecule has 2 aromatic carbocycles. The molecule has 0 heterocycles. The Hall–Kier alpha value is -2.08. The molecule has 0 heteroatoms. The van der Waals surface area contributed by atoms with Crippen LogP contribution in [0.15, 0.2) is 77.9 Å². The lowest BCUT2D eigenvalue weighted by Crippen LogP contribution is -2.10. The second kappa shape index (κ2) is 4.79. The molecule has 3 rings (SSSR count). The van der Waals surface area contributed by atoms with Gasteiger partial charge in [0.05, 0.1) is 5.41 Å². The third-order valence-corrected chi connectivity index (χ3v) is 4.10. The zero-order chi connectivity index (χ0) is 14.2. The summed E-state index contributed by atoms with van der Waals surface area (Å²) in [4.78, 5) is 0. The first-order valence-electron chi connectivity index (χ1n) is 7.15. The summed E-state index contributed by atoms with van der Waals surface area (Å²) in [7, 11) is 0. The van der Waals surface area contributed by atoms with E-state index in [2.05, 4.69) is 87.5 Å². The lowest BCUT2D eigenvalue weighted by molar-refractivity contribution is 0.934. The standard InChI is InChI=1S/C20H20/c1-15(2)14-20(18-12-8-5-9-13-18)16(3)19(20)17-10-6-4-7-11-17/h4-14H,1-3H3. The minimum absolute atomic E-state index is 0.0153. The van der Waals surface area contributed by atoms with Gasteiger partial charge in [-0.25, -0.2) is 0 Å². The molecule has 0 nitrogen and oxygen atoms in total. The molecule has 0 amide bonds. The average molecular weight is 260 g/mol. The lowest BCUT2D eigenvalue weighted by Gasteiger charge is -2.17. The molecule has 0 fully saturated rings. The highest BCUT2D eigenvalue weighted by Gasteiger charge is 2.50. The van der Waals surface area contributed by atoms with Gasteiger partial charge in [0.15, 0.2) is 0 Å². The third-order valence-electron chi connectivity index (χ3n) is 4.10. The predicted octanol–water partition coefficient (Wildman–Crippen LogP) is 5.38. The van der Waals surface area contributed by atoms with E-state index in [4.69, 9.17) is 0 Å². The summed E-state index contributed by atoms with van der Waals surface area (Å²) < 4.78 is 0. The Balaban J connectivity index is 2.11. The van der Waals surface area contributed by atoms with Crippen molar-refractivity contribution < 1.29 is 0 Å². The summed E-state index contributed by atoms with van der Waals surface area (Å²) in [5.74, 6) is 0. The first-order valence-corrected chi connectivity index (χ1v) is 7.15. The molecule has 100 valence electrons. The quantitative estimate of drug-likeness (QED) is 0.650. The zero-order valence-electron chi connectivity index (χ0n) is 12.4. The molecule has 1 atom stereocenters. The maximum Gasteiger partial charge on any atom is 0.0604 e. The van der Waals surface area contributed by atoms with Gasteiger partial charge in [-0.3, -0.25) is 0 Å². The van der Waals surface area contributed by atoms with Crippen LogP contribution in [-0.2, 0) is 5.41 Å². The van der Waals surface area contributed by atoms with E-state index in [1.807, 2.05) is 0 Å². The van der Waals surface area contributed by atoms with Gasteiger partial charge in [0.1, 0.15) is 0 Å². The Morgan fingerprint density at radius 1 is 0.850 bits per heavy atom. The van der Waals surface area contributed by atoms with Crippen LogP contribution in [0.4, 0.5) is 0 Å². The molecule has 0 saturated heterocycles. The van der Waals surface area contributed by atoms with Crippen LogP contribution in [0.3, 0.4) is 0 Å². The second-order valence-electron chi connectivity index (χ2n) is 5.76. The van der Waals surface area contributed by atoms with Crippen molar-refractivity contribution in [2.75, 3.05) is 0 Å². The van der Waals surface area contributed by atoms with E-state index in [0.29, 0.717) is 0 Å². The largest absolute Gasteiger partial charge is 0.0789 e. The maximum atomic E-state index is 2.40. The summed E-state index contributed by atoms with van der Waals surface area (Å²) in [6.07, 6.45) is 2.40. The van der Waals surface area contributed by atoms with E-state index in [1.54, 1.807) is 0 Å². The van der Waals surface area contributed by atoms with Gasteiger partial charge >= 0.3 is 0 Å². The average Bonchev–Trinajstić information content (AvgIpc) is 3.05. The Morgan fingerprint density at radius 2 is 1.40 bits per heavy atom. The molecule has 0 spiro atoms. The molecule has 1 aliphatic rings. The van der Waals surface area contributed by atoms with Gasteiger partial charge in [0.2, 0.25) is 0 Å². The van der Waals surface area contributed by atoms with Gasteiger partial charge in [-0.05, 0) is 43.0 Å². The van der Waals surface area contributed by atoms with Crippen molar-refractivity contribution in [1.82, 2.24) is 0 Å². The molecule has 0 radical (unpaired) electrons. The normalized spacial score (nSPS) is 20.8. The topological polar surface area (TPSA) is 0 Å². The smallest absolute Gasteiger partial charge is 0.0604 e. The Morgan fingerprint density at radius 3 is 1.95 bits per heavy atom. The maximum absolute atomic E-state index is 2.40. The molecule has 20 heavy (non-hydrogen) atoms. The first kappa shape index (κ1) is 12.9. The van der Waals surface area contributed by atoms with E-state index in [0.717, 1.165) is 0 Å². The molecule has 1 unspecified atom stereocenters.